The van der Waals surface area contributed by atoms with Gasteiger partial charge in [0.25, 0.3) is 0 Å². The maximum atomic E-state index is 12.3. The molecule has 124 valence electrons. The minimum Gasteiger partial charge on any atom is -0.309 e. The van der Waals surface area contributed by atoms with Gasteiger partial charge in [0.15, 0.2) is 0 Å². The van der Waals surface area contributed by atoms with Crippen molar-refractivity contribution in [2.75, 3.05) is 11.9 Å². The molecule has 2 aliphatic heterocycles. The summed E-state index contributed by atoms with van der Waals surface area (Å²) in [7, 11) is -4.80. The molecule has 3 amide bonds. The van der Waals surface area contributed by atoms with E-state index in [-0.39, 0.29) is 6.54 Å². The molecule has 23 heavy (non-hydrogen) atoms. The molecule has 0 aromatic carbocycles. The van der Waals surface area contributed by atoms with Crippen LogP contribution in [0.3, 0.4) is 0 Å². The first-order valence-electron chi connectivity index (χ1n) is 6.84. The van der Waals surface area contributed by atoms with Crippen LogP contribution in [0.15, 0.2) is 24.4 Å². The molecule has 0 aliphatic carbocycles. The number of hydrogen-bond acceptors (Lipinski definition) is 6. The minimum absolute atomic E-state index is 0.147. The third kappa shape index (κ3) is 3.25. The molecule has 3 rings (SSSR count). The average Bonchev–Trinajstić information content (AvgIpc) is 2.72. The number of rotatable bonds is 4. The van der Waals surface area contributed by atoms with Crippen LogP contribution in [0.4, 0.5) is 10.6 Å². The molecule has 1 aromatic rings. The number of carbonyl (C=O) groups is 2. The topological polar surface area (TPSA) is 129 Å². The van der Waals surface area contributed by atoms with Crippen molar-refractivity contribution in [3.05, 3.63) is 24.4 Å². The highest BCUT2D eigenvalue weighted by Gasteiger charge is 2.49. The van der Waals surface area contributed by atoms with Gasteiger partial charge in [0.05, 0.1) is 6.04 Å². The summed E-state index contributed by atoms with van der Waals surface area (Å²) in [4.78, 5) is 29.7. The van der Waals surface area contributed by atoms with Gasteiger partial charge in [0.2, 0.25) is 5.91 Å². The van der Waals surface area contributed by atoms with E-state index in [9.17, 15) is 18.0 Å². The zero-order valence-electron chi connectivity index (χ0n) is 11.8. The third-order valence-electron chi connectivity index (χ3n) is 3.72. The van der Waals surface area contributed by atoms with Crippen LogP contribution >= 0.6 is 0 Å². The van der Waals surface area contributed by atoms with Gasteiger partial charge in [0.1, 0.15) is 11.9 Å². The Morgan fingerprint density at radius 1 is 1.39 bits per heavy atom. The monoisotopic (exact) mass is 342 g/mol. The third-order valence-corrected chi connectivity index (χ3v) is 4.07. The Hall–Kier alpha value is -2.24. The van der Waals surface area contributed by atoms with Gasteiger partial charge in [-0.05, 0) is 25.0 Å². The van der Waals surface area contributed by atoms with Gasteiger partial charge in [-0.15, -0.1) is 4.28 Å². The van der Waals surface area contributed by atoms with Crippen molar-refractivity contribution in [1.82, 2.24) is 14.9 Å². The van der Waals surface area contributed by atoms with Crippen molar-refractivity contribution >= 4 is 28.2 Å². The van der Waals surface area contributed by atoms with Crippen LogP contribution < -0.4 is 5.32 Å². The second-order valence-corrected chi connectivity index (χ2v) is 6.22. The molecule has 0 saturated carbocycles. The molecule has 2 N–H and O–H groups in total. The van der Waals surface area contributed by atoms with Gasteiger partial charge >= 0.3 is 16.4 Å². The highest BCUT2D eigenvalue weighted by Crippen LogP contribution is 2.31. The number of carbonyl (C=O) groups excluding carboxylic acids is 2. The molecule has 11 heteroatoms. The summed E-state index contributed by atoms with van der Waals surface area (Å²) in [5, 5.41) is 3.21. The molecule has 2 aliphatic rings. The molecule has 1 aromatic heterocycles. The van der Waals surface area contributed by atoms with Crippen LogP contribution in [0, 0.1) is 0 Å². The lowest BCUT2D eigenvalue weighted by Gasteiger charge is -2.29. The van der Waals surface area contributed by atoms with Crippen LogP contribution in [0.2, 0.25) is 0 Å². The van der Waals surface area contributed by atoms with Gasteiger partial charge in [0, 0.05) is 12.7 Å². The van der Waals surface area contributed by atoms with E-state index in [4.69, 9.17) is 4.55 Å². The van der Waals surface area contributed by atoms with Crippen LogP contribution in [0.1, 0.15) is 12.8 Å². The fraction of sp³-hybridized carbons (Fsp3) is 0.417. The number of anilines is 1. The maximum absolute atomic E-state index is 12.3. The summed E-state index contributed by atoms with van der Waals surface area (Å²) >= 11 is 0. The first kappa shape index (κ1) is 15.6. The van der Waals surface area contributed by atoms with Crippen molar-refractivity contribution in [2.24, 2.45) is 0 Å². The number of piperidine rings is 1. The number of pyridine rings is 1. The predicted molar refractivity (Wildman–Crippen MR) is 76.3 cm³/mol. The summed E-state index contributed by atoms with van der Waals surface area (Å²) in [6, 6.07) is 2.98. The predicted octanol–water partition coefficient (Wildman–Crippen LogP) is 0.0231. The van der Waals surface area contributed by atoms with E-state index in [1.807, 2.05) is 0 Å². The molecule has 1 unspecified atom stereocenters. The van der Waals surface area contributed by atoms with E-state index in [2.05, 4.69) is 14.6 Å². The Labute approximate surface area is 131 Å². The standard InChI is InChI=1S/C12H14N4O6S/c17-11(14-10-3-1-2-6-13-10)9-5-4-8-7-15(9)12(18)16(8)22-23(19,20)21/h1-3,6,8-9H,4-5,7H2,(H,13,14,17)(H,19,20,21)/t8?,9-/m0/s1. The zero-order chi connectivity index (χ0) is 16.6. The molecule has 3 heterocycles. The molecule has 2 fully saturated rings. The summed E-state index contributed by atoms with van der Waals surface area (Å²) in [5.74, 6) is -0.0542. The second-order valence-electron chi connectivity index (χ2n) is 5.21. The molecular weight excluding hydrogens is 328 g/mol. The van der Waals surface area contributed by atoms with Gasteiger partial charge < -0.3 is 10.2 Å². The second kappa shape index (κ2) is 5.76. The fourth-order valence-electron chi connectivity index (χ4n) is 2.75. The summed E-state index contributed by atoms with van der Waals surface area (Å²) < 4.78 is 34.7. The van der Waals surface area contributed by atoms with E-state index < -0.39 is 34.4 Å². The Balaban J connectivity index is 1.72. The largest absolute Gasteiger partial charge is 0.418 e. The van der Waals surface area contributed by atoms with Crippen molar-refractivity contribution in [1.29, 1.82) is 0 Å². The Kier molecular flexibility index (Phi) is 3.92. The first-order valence-corrected chi connectivity index (χ1v) is 8.20. The Morgan fingerprint density at radius 2 is 2.17 bits per heavy atom. The van der Waals surface area contributed by atoms with Crippen LogP contribution in [-0.2, 0) is 19.5 Å². The van der Waals surface area contributed by atoms with Crippen LogP contribution in [0.5, 0.6) is 0 Å². The molecule has 2 bridgehead atoms. The number of amides is 3. The molecule has 10 nitrogen and oxygen atoms in total. The number of hydrogen-bond donors (Lipinski definition) is 2. The first-order chi connectivity index (χ1) is 10.8. The Bertz CT molecular complexity index is 724. The van der Waals surface area contributed by atoms with Crippen molar-refractivity contribution in [3.63, 3.8) is 0 Å². The van der Waals surface area contributed by atoms with Gasteiger partial charge in [-0.3, -0.25) is 9.35 Å². The van der Waals surface area contributed by atoms with E-state index in [0.29, 0.717) is 23.7 Å². The zero-order valence-corrected chi connectivity index (χ0v) is 12.6. The number of nitrogens with zero attached hydrogens (tertiary/aromatic N) is 3. The highest BCUT2D eigenvalue weighted by molar-refractivity contribution is 7.80. The van der Waals surface area contributed by atoms with E-state index in [0.717, 1.165) is 0 Å². The lowest BCUT2D eigenvalue weighted by molar-refractivity contribution is -0.120. The molecule has 2 atom stereocenters. The van der Waals surface area contributed by atoms with E-state index in [1.54, 1.807) is 18.2 Å². The van der Waals surface area contributed by atoms with E-state index >= 15 is 0 Å². The van der Waals surface area contributed by atoms with Gasteiger partial charge in [-0.2, -0.15) is 13.5 Å². The summed E-state index contributed by atoms with van der Waals surface area (Å²) in [5.41, 5.74) is 0. The van der Waals surface area contributed by atoms with Crippen molar-refractivity contribution < 1.29 is 26.8 Å². The van der Waals surface area contributed by atoms with E-state index in [1.165, 1.54) is 11.1 Å². The number of hydroxylamine groups is 2. The lowest BCUT2D eigenvalue weighted by atomic mass is 10.0. The number of aromatic nitrogens is 1. The highest BCUT2D eigenvalue weighted by atomic mass is 32.3. The number of urea groups is 1. The van der Waals surface area contributed by atoms with Crippen molar-refractivity contribution in [2.45, 2.75) is 24.9 Å². The molecule has 2 saturated heterocycles. The van der Waals surface area contributed by atoms with Gasteiger partial charge in [-0.1, -0.05) is 6.07 Å². The lowest BCUT2D eigenvalue weighted by Crippen LogP contribution is -2.47. The Morgan fingerprint density at radius 3 is 2.83 bits per heavy atom. The molecule has 0 radical (unpaired) electrons. The fourth-order valence-corrected chi connectivity index (χ4v) is 3.14. The SMILES string of the molecule is O=C(Nc1ccccn1)[C@@H]1CCC2CN1C(=O)N2OS(=O)(=O)O. The molecular formula is C12H14N4O6S. The smallest absolute Gasteiger partial charge is 0.309 e. The molecule has 0 spiro atoms. The minimum atomic E-state index is -4.80. The number of fused-ring (bicyclic) bond motifs is 2. The van der Waals surface area contributed by atoms with Crippen LogP contribution in [0.25, 0.3) is 0 Å². The maximum Gasteiger partial charge on any atom is 0.418 e. The summed E-state index contributed by atoms with van der Waals surface area (Å²) in [6.45, 7) is 0.147. The summed E-state index contributed by atoms with van der Waals surface area (Å²) in [6.07, 6.45) is 2.24. The average molecular weight is 342 g/mol. The normalized spacial score (nSPS) is 24.0. The van der Waals surface area contributed by atoms with Gasteiger partial charge in [-0.25, -0.2) is 9.78 Å². The van der Waals surface area contributed by atoms with Crippen molar-refractivity contribution in [3.8, 4) is 0 Å². The quantitative estimate of drug-likeness (QED) is 0.738. The van der Waals surface area contributed by atoms with Crippen LogP contribution in [-0.4, -0.2) is 58.5 Å². The number of nitrogens with one attached hydrogen (secondary N) is 1.